The molecule has 1 aliphatic heterocycles. The van der Waals surface area contributed by atoms with Crippen LogP contribution in [0.3, 0.4) is 0 Å². The largest absolute Gasteiger partial charge is 0.462 e. The molecule has 0 bridgehead atoms. The van der Waals surface area contributed by atoms with Crippen molar-refractivity contribution >= 4 is 44.1 Å². The highest BCUT2D eigenvalue weighted by Crippen LogP contribution is 2.40. The molecular weight excluding hydrogens is 440 g/mol. The van der Waals surface area contributed by atoms with Crippen LogP contribution in [0.2, 0.25) is 0 Å². The molecule has 2 aliphatic rings. The summed E-state index contributed by atoms with van der Waals surface area (Å²) in [6.07, 6.45) is 2.45. The van der Waals surface area contributed by atoms with Crippen LogP contribution >= 0.6 is 11.3 Å². The predicted molar refractivity (Wildman–Crippen MR) is 115 cm³/mol. The highest BCUT2D eigenvalue weighted by molar-refractivity contribution is 7.90. The summed E-state index contributed by atoms with van der Waals surface area (Å²) in [5.41, 5.74) is 1.26. The monoisotopic (exact) mass is 462 g/mol. The Morgan fingerprint density at radius 3 is 2.74 bits per heavy atom. The summed E-state index contributed by atoms with van der Waals surface area (Å²) < 4.78 is 31.1. The smallest absolute Gasteiger partial charge is 0.341 e. The third-order valence-corrected chi connectivity index (χ3v) is 8.40. The second-order valence-electron chi connectivity index (χ2n) is 7.64. The van der Waals surface area contributed by atoms with Gasteiger partial charge in [0.05, 0.1) is 17.7 Å². The normalized spacial score (nSPS) is 19.0. The summed E-state index contributed by atoms with van der Waals surface area (Å²) in [5.74, 6) is -1.48. The van der Waals surface area contributed by atoms with Crippen molar-refractivity contribution in [3.63, 3.8) is 0 Å². The van der Waals surface area contributed by atoms with Crippen LogP contribution in [-0.2, 0) is 32.4 Å². The van der Waals surface area contributed by atoms with Gasteiger partial charge < -0.3 is 10.1 Å². The zero-order chi connectivity index (χ0) is 22.3. The minimum Gasteiger partial charge on any atom is -0.462 e. The van der Waals surface area contributed by atoms with Crippen molar-refractivity contribution in [3.05, 3.63) is 45.8 Å². The SMILES string of the molecule is CCOC(=O)c1c(NC(=O)CN2C(=O)c3ccccc3S2(=O)=O)sc2c1CC[C@@H](C)C2. The number of thiophene rings is 1. The van der Waals surface area contributed by atoms with Gasteiger partial charge in [-0.2, -0.15) is 0 Å². The van der Waals surface area contributed by atoms with E-state index < -0.39 is 34.4 Å². The van der Waals surface area contributed by atoms with Gasteiger partial charge in [0.25, 0.3) is 15.9 Å². The second-order valence-corrected chi connectivity index (χ2v) is 10.6. The van der Waals surface area contributed by atoms with Gasteiger partial charge in [0.15, 0.2) is 0 Å². The summed E-state index contributed by atoms with van der Waals surface area (Å²) in [6.45, 7) is 3.37. The zero-order valence-electron chi connectivity index (χ0n) is 17.1. The van der Waals surface area contributed by atoms with E-state index in [1.165, 1.54) is 29.5 Å². The molecule has 4 rings (SSSR count). The Kier molecular flexibility index (Phi) is 5.61. The average Bonchev–Trinajstić information content (AvgIpc) is 3.16. The Balaban J connectivity index is 1.60. The number of benzene rings is 1. The summed E-state index contributed by atoms with van der Waals surface area (Å²) in [5, 5.41) is 2.99. The number of ether oxygens (including phenoxy) is 1. The van der Waals surface area contributed by atoms with E-state index in [-0.39, 0.29) is 17.1 Å². The van der Waals surface area contributed by atoms with Gasteiger partial charge >= 0.3 is 5.97 Å². The zero-order valence-corrected chi connectivity index (χ0v) is 18.8. The topological polar surface area (TPSA) is 110 Å². The minimum absolute atomic E-state index is 0.0445. The van der Waals surface area contributed by atoms with Crippen LogP contribution in [0.15, 0.2) is 29.2 Å². The van der Waals surface area contributed by atoms with E-state index in [4.69, 9.17) is 4.74 Å². The van der Waals surface area contributed by atoms with Crippen molar-refractivity contribution in [2.75, 3.05) is 18.5 Å². The maximum atomic E-state index is 12.7. The summed E-state index contributed by atoms with van der Waals surface area (Å²) >= 11 is 1.31. The molecule has 1 aromatic heterocycles. The highest BCUT2D eigenvalue weighted by atomic mass is 32.2. The van der Waals surface area contributed by atoms with Gasteiger partial charge in [-0.15, -0.1) is 11.3 Å². The molecule has 1 atom stereocenters. The van der Waals surface area contributed by atoms with Crippen molar-refractivity contribution in [3.8, 4) is 0 Å². The van der Waals surface area contributed by atoms with Gasteiger partial charge in [0.2, 0.25) is 5.91 Å². The third-order valence-electron chi connectivity index (χ3n) is 5.44. The summed E-state index contributed by atoms with van der Waals surface area (Å²) in [4.78, 5) is 38.8. The molecule has 0 radical (unpaired) electrons. The number of nitrogens with one attached hydrogen (secondary N) is 1. The molecule has 164 valence electrons. The molecule has 0 spiro atoms. The van der Waals surface area contributed by atoms with Crippen molar-refractivity contribution in [1.29, 1.82) is 0 Å². The number of carbonyl (C=O) groups is 3. The number of hydrogen-bond donors (Lipinski definition) is 1. The van der Waals surface area contributed by atoms with Gasteiger partial charge in [-0.1, -0.05) is 19.1 Å². The van der Waals surface area contributed by atoms with Crippen LogP contribution in [-0.4, -0.2) is 43.7 Å². The number of carbonyl (C=O) groups excluding carboxylic acids is 3. The van der Waals surface area contributed by atoms with E-state index in [0.717, 1.165) is 23.3 Å². The molecule has 10 heteroatoms. The van der Waals surface area contributed by atoms with E-state index >= 15 is 0 Å². The first-order valence-corrected chi connectivity index (χ1v) is 12.3. The standard InChI is InChI=1S/C21H22N2O6S2/c1-3-29-21(26)18-13-9-8-12(2)10-15(13)30-19(18)22-17(24)11-23-20(25)14-6-4-5-7-16(14)31(23,27)28/h4-7,12H,3,8-11H2,1-2H3,(H,22,24)/t12-/m1/s1. The molecule has 31 heavy (non-hydrogen) atoms. The molecule has 2 amide bonds. The molecule has 2 aromatic rings. The highest BCUT2D eigenvalue weighted by Gasteiger charge is 2.42. The number of anilines is 1. The molecule has 8 nitrogen and oxygen atoms in total. The Morgan fingerprint density at radius 2 is 2.03 bits per heavy atom. The molecule has 1 aliphatic carbocycles. The first-order valence-electron chi connectivity index (χ1n) is 10.0. The Labute approximate surface area is 184 Å². The molecule has 0 unspecified atom stereocenters. The van der Waals surface area contributed by atoms with E-state index in [9.17, 15) is 22.8 Å². The van der Waals surface area contributed by atoms with Crippen LogP contribution in [0.25, 0.3) is 0 Å². The van der Waals surface area contributed by atoms with Crippen LogP contribution in [0, 0.1) is 5.92 Å². The van der Waals surface area contributed by atoms with E-state index in [1.807, 2.05) is 0 Å². The fraction of sp³-hybridized carbons (Fsp3) is 0.381. The summed E-state index contributed by atoms with van der Waals surface area (Å²) in [6, 6.07) is 5.85. The first kappa shape index (κ1) is 21.5. The molecule has 0 saturated heterocycles. The number of nitrogens with zero attached hydrogens (tertiary/aromatic N) is 1. The molecule has 2 heterocycles. The number of hydrogen-bond acceptors (Lipinski definition) is 7. The van der Waals surface area contributed by atoms with Crippen molar-refractivity contribution in [2.45, 2.75) is 38.0 Å². The maximum absolute atomic E-state index is 12.7. The fourth-order valence-electron chi connectivity index (χ4n) is 3.94. The molecule has 1 aromatic carbocycles. The van der Waals surface area contributed by atoms with Gasteiger partial charge in [-0.3, -0.25) is 9.59 Å². The van der Waals surface area contributed by atoms with Gasteiger partial charge in [0, 0.05) is 4.88 Å². The van der Waals surface area contributed by atoms with Crippen molar-refractivity contribution in [2.24, 2.45) is 5.92 Å². The fourth-order valence-corrected chi connectivity index (χ4v) is 6.88. The second kappa shape index (κ2) is 8.08. The third kappa shape index (κ3) is 3.74. The van der Waals surface area contributed by atoms with E-state index in [1.54, 1.807) is 13.0 Å². The lowest BCUT2D eigenvalue weighted by Gasteiger charge is -2.18. The number of rotatable bonds is 5. The van der Waals surface area contributed by atoms with Crippen LogP contribution < -0.4 is 5.32 Å². The number of sulfonamides is 1. The van der Waals surface area contributed by atoms with Crippen LogP contribution in [0.1, 0.15) is 51.4 Å². The van der Waals surface area contributed by atoms with Crippen LogP contribution in [0.4, 0.5) is 5.00 Å². The molecule has 0 fully saturated rings. The average molecular weight is 463 g/mol. The lowest BCUT2D eigenvalue weighted by Crippen LogP contribution is -2.37. The summed E-state index contributed by atoms with van der Waals surface area (Å²) in [7, 11) is -4.09. The lowest BCUT2D eigenvalue weighted by atomic mass is 9.88. The maximum Gasteiger partial charge on any atom is 0.341 e. The predicted octanol–water partition coefficient (Wildman–Crippen LogP) is 2.83. The Bertz CT molecular complexity index is 1180. The quantitative estimate of drug-likeness (QED) is 0.685. The molecule has 1 N–H and O–H groups in total. The van der Waals surface area contributed by atoms with Crippen LogP contribution in [0.5, 0.6) is 0 Å². The number of fused-ring (bicyclic) bond motifs is 2. The van der Waals surface area contributed by atoms with Crippen molar-refractivity contribution < 1.29 is 27.5 Å². The van der Waals surface area contributed by atoms with Crippen molar-refractivity contribution in [1.82, 2.24) is 4.31 Å². The van der Waals surface area contributed by atoms with Gasteiger partial charge in [-0.05, 0) is 49.8 Å². The van der Waals surface area contributed by atoms with E-state index in [2.05, 4.69) is 12.2 Å². The number of esters is 1. The Morgan fingerprint density at radius 1 is 1.29 bits per heavy atom. The first-order chi connectivity index (χ1) is 14.7. The lowest BCUT2D eigenvalue weighted by molar-refractivity contribution is -0.116. The van der Waals surface area contributed by atoms with Gasteiger partial charge in [0.1, 0.15) is 16.4 Å². The van der Waals surface area contributed by atoms with Gasteiger partial charge in [-0.25, -0.2) is 17.5 Å². The number of amides is 2. The molecular formula is C21H22N2O6S2. The minimum atomic E-state index is -4.09. The van der Waals surface area contributed by atoms with E-state index in [0.29, 0.717) is 27.2 Å². The Hall–Kier alpha value is -2.72. The molecule has 0 saturated carbocycles.